The molecule has 0 nitrogen and oxygen atoms in total. The average Bonchev–Trinajstić information content (AvgIpc) is 3.43. The molecule has 192 valence electrons. The van der Waals surface area contributed by atoms with Gasteiger partial charge in [0.05, 0.1) is 0 Å². The molecule has 3 heteroatoms. The van der Waals surface area contributed by atoms with E-state index >= 15 is 0 Å². The van der Waals surface area contributed by atoms with E-state index in [2.05, 4.69) is 85.0 Å². The second-order valence-corrected chi connectivity index (χ2v) is 10.2. The topological polar surface area (TPSA) is 0 Å². The van der Waals surface area contributed by atoms with Crippen LogP contribution in [0.2, 0.25) is 0 Å². The van der Waals surface area contributed by atoms with Crippen molar-refractivity contribution < 1.29 is 51.0 Å². The predicted octanol–water partition coefficient (Wildman–Crippen LogP) is 3.59. The number of allylic oxidation sites excluding steroid dienone is 8. The molecule has 0 aliphatic heterocycles. The Labute approximate surface area is 256 Å². The van der Waals surface area contributed by atoms with Crippen molar-refractivity contribution in [3.05, 3.63) is 118 Å². The van der Waals surface area contributed by atoms with Crippen LogP contribution in [0.4, 0.5) is 0 Å². The van der Waals surface area contributed by atoms with Crippen molar-refractivity contribution in [3.63, 3.8) is 0 Å². The van der Waals surface area contributed by atoms with Crippen molar-refractivity contribution in [2.75, 3.05) is 0 Å². The molecule has 0 saturated carbocycles. The SMILES string of the molecule is [C-]1=CC2=C(CCCCCC2)C1c1ccccc1.[C-]1=CC2=C(CCCCCC2)C1c1ccccc1.[Cl-].[Cl-].[Zr+4]. The van der Waals surface area contributed by atoms with Crippen molar-refractivity contribution in [3.8, 4) is 0 Å². The molecule has 0 amide bonds. The van der Waals surface area contributed by atoms with Crippen molar-refractivity contribution in [2.24, 2.45) is 0 Å². The Kier molecular flexibility index (Phi) is 14.5. The van der Waals surface area contributed by atoms with E-state index in [0.29, 0.717) is 11.8 Å². The normalized spacial score (nSPS) is 22.4. The minimum absolute atomic E-state index is 0. The third-order valence-electron chi connectivity index (χ3n) is 7.92. The van der Waals surface area contributed by atoms with E-state index < -0.39 is 0 Å². The van der Waals surface area contributed by atoms with Crippen LogP contribution < -0.4 is 24.8 Å². The molecule has 0 fully saturated rings. The molecule has 0 spiro atoms. The molecule has 0 N–H and O–H groups in total. The standard InChI is InChI=1S/2C17H19.2ClH.Zr/c2*1-2-7-11-16-15(10-4-1)12-13-17(16)14-8-5-3-6-9-14;;;/h2*3,5-6,8-9,12,17H,1-2,4,7,10-11H2;2*1H;/q2*-1;;;+4/p-2. The van der Waals surface area contributed by atoms with E-state index in [1.54, 1.807) is 22.3 Å². The van der Waals surface area contributed by atoms with Crippen molar-refractivity contribution in [1.82, 2.24) is 0 Å². The van der Waals surface area contributed by atoms with E-state index in [1.165, 1.54) is 88.2 Å². The molecular formula is C34H38Cl2Zr. The Morgan fingerprint density at radius 3 is 1.19 bits per heavy atom. The third-order valence-corrected chi connectivity index (χ3v) is 7.92. The quantitative estimate of drug-likeness (QED) is 0.458. The van der Waals surface area contributed by atoms with Gasteiger partial charge in [-0.2, -0.15) is 22.3 Å². The fraction of sp³-hybridized carbons (Fsp3) is 0.412. The smallest absolute Gasteiger partial charge is 1.00 e. The molecule has 0 aromatic heterocycles. The Morgan fingerprint density at radius 2 is 0.811 bits per heavy atom. The van der Waals surface area contributed by atoms with Gasteiger partial charge in [-0.1, -0.05) is 148 Å². The number of benzene rings is 2. The summed E-state index contributed by atoms with van der Waals surface area (Å²) in [6.07, 6.45) is 27.8. The van der Waals surface area contributed by atoms with E-state index in [1.807, 2.05) is 0 Å². The van der Waals surface area contributed by atoms with Gasteiger partial charge in [0.15, 0.2) is 0 Å². The van der Waals surface area contributed by atoms with E-state index in [-0.39, 0.29) is 51.0 Å². The van der Waals surface area contributed by atoms with Crippen molar-refractivity contribution >= 4 is 0 Å². The summed E-state index contributed by atoms with van der Waals surface area (Å²) in [6, 6.07) is 21.7. The number of hydrogen-bond acceptors (Lipinski definition) is 0. The zero-order chi connectivity index (χ0) is 23.0. The molecule has 0 bridgehead atoms. The zero-order valence-electron chi connectivity index (χ0n) is 21.8. The van der Waals surface area contributed by atoms with Crippen molar-refractivity contribution in [2.45, 2.75) is 88.9 Å². The van der Waals surface area contributed by atoms with Gasteiger partial charge in [-0.05, 0) is 12.8 Å². The minimum Gasteiger partial charge on any atom is -1.00 e. The number of halogens is 2. The summed E-state index contributed by atoms with van der Waals surface area (Å²) >= 11 is 0. The maximum atomic E-state index is 3.57. The summed E-state index contributed by atoms with van der Waals surface area (Å²) in [6.45, 7) is 0. The van der Waals surface area contributed by atoms with Crippen LogP contribution >= 0.6 is 0 Å². The third kappa shape index (κ3) is 8.42. The summed E-state index contributed by atoms with van der Waals surface area (Å²) in [5, 5.41) is 0. The molecule has 2 unspecified atom stereocenters. The fourth-order valence-electron chi connectivity index (χ4n) is 6.06. The average molecular weight is 609 g/mol. The summed E-state index contributed by atoms with van der Waals surface area (Å²) in [5.41, 5.74) is 9.28. The largest absolute Gasteiger partial charge is 4.00 e. The molecule has 2 aromatic rings. The molecule has 2 atom stereocenters. The van der Waals surface area contributed by atoms with Crippen LogP contribution in [0, 0.1) is 12.2 Å². The Balaban J connectivity index is 0.000000241. The maximum absolute atomic E-state index is 3.57. The molecule has 4 aliphatic rings. The summed E-state index contributed by atoms with van der Waals surface area (Å²) in [7, 11) is 0. The minimum atomic E-state index is 0. The summed E-state index contributed by atoms with van der Waals surface area (Å²) < 4.78 is 0. The van der Waals surface area contributed by atoms with Crippen LogP contribution in [0.5, 0.6) is 0 Å². The van der Waals surface area contributed by atoms with Crippen LogP contribution in [0.25, 0.3) is 0 Å². The molecule has 37 heavy (non-hydrogen) atoms. The van der Waals surface area contributed by atoms with Gasteiger partial charge in [0.1, 0.15) is 0 Å². The van der Waals surface area contributed by atoms with Crippen molar-refractivity contribution in [1.29, 1.82) is 0 Å². The number of hydrogen-bond donors (Lipinski definition) is 0. The van der Waals surface area contributed by atoms with Gasteiger partial charge < -0.3 is 24.8 Å². The van der Waals surface area contributed by atoms with Crippen LogP contribution in [-0.2, 0) is 26.2 Å². The zero-order valence-corrected chi connectivity index (χ0v) is 25.8. The molecule has 6 rings (SSSR count). The number of rotatable bonds is 2. The molecule has 4 aliphatic carbocycles. The molecule has 0 saturated heterocycles. The first-order chi connectivity index (χ1) is 16.9. The van der Waals surface area contributed by atoms with Gasteiger partial charge in [0.2, 0.25) is 0 Å². The first-order valence-corrected chi connectivity index (χ1v) is 13.6. The fourth-order valence-corrected chi connectivity index (χ4v) is 6.06. The maximum Gasteiger partial charge on any atom is 4.00 e. The molecule has 0 heterocycles. The second-order valence-electron chi connectivity index (χ2n) is 10.2. The first kappa shape index (κ1) is 32.1. The predicted molar refractivity (Wildman–Crippen MR) is 143 cm³/mol. The summed E-state index contributed by atoms with van der Waals surface area (Å²) in [4.78, 5) is 0. The van der Waals surface area contributed by atoms with Gasteiger partial charge in [-0.3, -0.25) is 12.2 Å². The Hall–Kier alpha value is -1.14. The van der Waals surface area contributed by atoms with Gasteiger partial charge in [0.25, 0.3) is 0 Å². The monoisotopic (exact) mass is 606 g/mol. The molecule has 2 aromatic carbocycles. The van der Waals surface area contributed by atoms with Gasteiger partial charge in [-0.25, -0.2) is 12.2 Å². The van der Waals surface area contributed by atoms with Gasteiger partial charge >= 0.3 is 26.2 Å². The summed E-state index contributed by atoms with van der Waals surface area (Å²) in [5.74, 6) is 0.897. The first-order valence-electron chi connectivity index (χ1n) is 13.6. The Morgan fingerprint density at radius 1 is 0.459 bits per heavy atom. The van der Waals surface area contributed by atoms with E-state index in [9.17, 15) is 0 Å². The van der Waals surface area contributed by atoms with Crippen LogP contribution in [0.1, 0.15) is 100 Å². The second kappa shape index (κ2) is 16.7. The van der Waals surface area contributed by atoms with Gasteiger partial charge in [-0.15, -0.1) is 0 Å². The van der Waals surface area contributed by atoms with E-state index in [4.69, 9.17) is 0 Å². The van der Waals surface area contributed by atoms with Gasteiger partial charge in [0, 0.05) is 0 Å². The van der Waals surface area contributed by atoms with Crippen LogP contribution in [0.15, 0.2) is 95.1 Å². The molecular weight excluding hydrogens is 571 g/mol. The molecule has 0 radical (unpaired) electrons. The Bertz CT molecular complexity index is 978. The van der Waals surface area contributed by atoms with E-state index in [0.717, 1.165) is 0 Å². The van der Waals surface area contributed by atoms with Crippen LogP contribution in [-0.4, -0.2) is 0 Å². The van der Waals surface area contributed by atoms with Crippen LogP contribution in [0.3, 0.4) is 0 Å².